The maximum Gasteiger partial charge on any atom is 0.227 e. The van der Waals surface area contributed by atoms with E-state index in [0.717, 1.165) is 55.1 Å². The Balaban J connectivity index is 1.67. The molecule has 0 bridgehead atoms. The number of halogens is 1. The Hall–Kier alpha value is -2.35. The molecule has 1 amide bonds. The van der Waals surface area contributed by atoms with E-state index >= 15 is 0 Å². The molecule has 1 aliphatic rings. The summed E-state index contributed by atoms with van der Waals surface area (Å²) >= 11 is 0. The van der Waals surface area contributed by atoms with Gasteiger partial charge in [0.05, 0.1) is 12.5 Å². The Morgan fingerprint density at radius 3 is 2.92 bits per heavy atom. The first kappa shape index (κ1) is 16.5. The molecule has 0 aliphatic carbocycles. The van der Waals surface area contributed by atoms with E-state index in [-0.39, 0.29) is 17.6 Å². The molecule has 0 radical (unpaired) electrons. The molecule has 2 heterocycles. The number of nitrogens with zero attached hydrogens (tertiary/aromatic N) is 2. The minimum atomic E-state index is -0.283. The van der Waals surface area contributed by atoms with Gasteiger partial charge in [0.2, 0.25) is 5.91 Å². The monoisotopic (exact) mass is 327 g/mol. The number of hydrogen-bond donors (Lipinski definition) is 1. The van der Waals surface area contributed by atoms with Crippen molar-refractivity contribution >= 4 is 16.8 Å². The van der Waals surface area contributed by atoms with Gasteiger partial charge in [-0.1, -0.05) is 6.42 Å². The van der Waals surface area contributed by atoms with Crippen LogP contribution in [0.3, 0.4) is 0 Å². The lowest BCUT2D eigenvalue weighted by Crippen LogP contribution is -2.34. The fourth-order valence-corrected chi connectivity index (χ4v) is 3.44. The third kappa shape index (κ3) is 3.76. The molecule has 1 aliphatic heterocycles. The molecule has 5 heteroatoms. The summed E-state index contributed by atoms with van der Waals surface area (Å²) in [6.45, 7) is 1.47. The van der Waals surface area contributed by atoms with Crippen LogP contribution in [0.4, 0.5) is 4.39 Å². The van der Waals surface area contributed by atoms with Crippen LogP contribution in [0.15, 0.2) is 24.4 Å². The van der Waals surface area contributed by atoms with Crippen LogP contribution < -0.4 is 0 Å². The van der Waals surface area contributed by atoms with E-state index in [1.165, 1.54) is 12.1 Å². The van der Waals surface area contributed by atoms with Crippen molar-refractivity contribution in [3.05, 3.63) is 35.8 Å². The largest absolute Gasteiger partial charge is 0.361 e. The Labute approximate surface area is 141 Å². The normalized spacial score (nSPS) is 19.3. The quantitative estimate of drug-likeness (QED) is 0.912. The molecule has 4 nitrogen and oxygen atoms in total. The lowest BCUT2D eigenvalue weighted by molar-refractivity contribution is -0.130. The second-order valence-corrected chi connectivity index (χ2v) is 6.53. The summed E-state index contributed by atoms with van der Waals surface area (Å²) in [5.41, 5.74) is 1.63. The third-order valence-electron chi connectivity index (χ3n) is 4.82. The molecular formula is C19H22FN3O. The number of aromatic nitrogens is 1. The van der Waals surface area contributed by atoms with Gasteiger partial charge in [-0.05, 0) is 49.4 Å². The number of fused-ring (bicyclic) bond motifs is 1. The second kappa shape index (κ2) is 7.48. The summed E-state index contributed by atoms with van der Waals surface area (Å²) in [7, 11) is 0. The fourth-order valence-electron chi connectivity index (χ4n) is 3.44. The number of carbonyl (C=O) groups excluding carboxylic acids is 1. The number of benzene rings is 1. The van der Waals surface area contributed by atoms with Crippen molar-refractivity contribution in [2.75, 3.05) is 13.1 Å². The van der Waals surface area contributed by atoms with Gasteiger partial charge in [-0.25, -0.2) is 4.39 Å². The predicted octanol–water partition coefficient (Wildman–Crippen LogP) is 3.78. The van der Waals surface area contributed by atoms with E-state index in [0.29, 0.717) is 13.0 Å². The first-order chi connectivity index (χ1) is 11.7. The van der Waals surface area contributed by atoms with E-state index in [4.69, 9.17) is 5.26 Å². The van der Waals surface area contributed by atoms with E-state index in [1.807, 2.05) is 4.90 Å². The van der Waals surface area contributed by atoms with Crippen molar-refractivity contribution in [3.63, 3.8) is 0 Å². The molecule has 1 N–H and O–H groups in total. The summed E-state index contributed by atoms with van der Waals surface area (Å²) in [5.74, 6) is -0.0477. The van der Waals surface area contributed by atoms with Crippen molar-refractivity contribution in [1.29, 1.82) is 5.26 Å². The maximum atomic E-state index is 13.3. The molecule has 1 aromatic heterocycles. The van der Waals surface area contributed by atoms with Gasteiger partial charge in [-0.3, -0.25) is 4.79 Å². The Kier molecular flexibility index (Phi) is 5.14. The SMILES string of the molecule is N#CC1CCCCN(C(=O)Cc2c[nH]c3cc(F)ccc23)CCC1. The van der Waals surface area contributed by atoms with Gasteiger partial charge >= 0.3 is 0 Å². The van der Waals surface area contributed by atoms with Gasteiger partial charge in [0, 0.05) is 36.1 Å². The molecule has 126 valence electrons. The highest BCUT2D eigenvalue weighted by Crippen LogP contribution is 2.21. The highest BCUT2D eigenvalue weighted by atomic mass is 19.1. The molecule has 0 saturated carbocycles. The zero-order chi connectivity index (χ0) is 16.9. The number of aromatic amines is 1. The maximum absolute atomic E-state index is 13.3. The average molecular weight is 327 g/mol. The minimum Gasteiger partial charge on any atom is -0.361 e. The van der Waals surface area contributed by atoms with Crippen molar-refractivity contribution in [1.82, 2.24) is 9.88 Å². The molecule has 1 aromatic carbocycles. The van der Waals surface area contributed by atoms with Crippen LogP contribution in [0, 0.1) is 23.1 Å². The lowest BCUT2D eigenvalue weighted by atomic mass is 9.99. The minimum absolute atomic E-state index is 0.107. The van der Waals surface area contributed by atoms with Crippen molar-refractivity contribution in [2.45, 2.75) is 38.5 Å². The highest BCUT2D eigenvalue weighted by molar-refractivity contribution is 5.88. The molecule has 2 aromatic rings. The van der Waals surface area contributed by atoms with Crippen molar-refractivity contribution in [2.24, 2.45) is 5.92 Å². The molecular weight excluding hydrogens is 305 g/mol. The number of nitrogens with one attached hydrogen (secondary N) is 1. The summed E-state index contributed by atoms with van der Waals surface area (Å²) in [6, 6.07) is 6.96. The van der Waals surface area contributed by atoms with Gasteiger partial charge < -0.3 is 9.88 Å². The molecule has 1 saturated heterocycles. The Morgan fingerprint density at radius 2 is 2.08 bits per heavy atom. The van der Waals surface area contributed by atoms with Crippen LogP contribution in [-0.4, -0.2) is 28.9 Å². The van der Waals surface area contributed by atoms with Crippen LogP contribution in [0.5, 0.6) is 0 Å². The van der Waals surface area contributed by atoms with Crippen LogP contribution in [-0.2, 0) is 11.2 Å². The number of rotatable bonds is 2. The summed E-state index contributed by atoms with van der Waals surface area (Å²) in [6.07, 6.45) is 6.75. The van der Waals surface area contributed by atoms with E-state index in [1.54, 1.807) is 12.3 Å². The Morgan fingerprint density at radius 1 is 1.29 bits per heavy atom. The van der Waals surface area contributed by atoms with Crippen molar-refractivity contribution in [3.8, 4) is 6.07 Å². The molecule has 1 fully saturated rings. The molecule has 24 heavy (non-hydrogen) atoms. The first-order valence-corrected chi connectivity index (χ1v) is 8.60. The second-order valence-electron chi connectivity index (χ2n) is 6.53. The summed E-state index contributed by atoms with van der Waals surface area (Å²) < 4.78 is 13.3. The average Bonchev–Trinajstić information content (AvgIpc) is 3.01. The topological polar surface area (TPSA) is 59.9 Å². The van der Waals surface area contributed by atoms with Gasteiger partial charge in [0.15, 0.2) is 0 Å². The fraction of sp³-hybridized carbons (Fsp3) is 0.474. The van der Waals surface area contributed by atoms with Gasteiger partial charge in [0.1, 0.15) is 5.82 Å². The van der Waals surface area contributed by atoms with Crippen LogP contribution in [0.25, 0.3) is 10.9 Å². The van der Waals surface area contributed by atoms with Crippen molar-refractivity contribution < 1.29 is 9.18 Å². The Bertz CT molecular complexity index is 762. The van der Waals surface area contributed by atoms with Crippen LogP contribution in [0.1, 0.15) is 37.7 Å². The van der Waals surface area contributed by atoms with Crippen LogP contribution >= 0.6 is 0 Å². The highest BCUT2D eigenvalue weighted by Gasteiger charge is 2.18. The van der Waals surface area contributed by atoms with E-state index in [9.17, 15) is 9.18 Å². The van der Waals surface area contributed by atoms with Gasteiger partial charge in [-0.2, -0.15) is 5.26 Å². The van der Waals surface area contributed by atoms with Crippen LogP contribution in [0.2, 0.25) is 0 Å². The summed E-state index contributed by atoms with van der Waals surface area (Å²) in [4.78, 5) is 17.6. The molecule has 0 spiro atoms. The number of amides is 1. The standard InChI is InChI=1S/C19H22FN3O/c20-16-6-7-17-15(13-22-18(17)11-16)10-19(24)23-8-2-1-4-14(12-21)5-3-9-23/h6-7,11,13-14,22H,1-5,8-10H2. The predicted molar refractivity (Wildman–Crippen MR) is 90.7 cm³/mol. The van der Waals surface area contributed by atoms with E-state index in [2.05, 4.69) is 11.1 Å². The van der Waals surface area contributed by atoms with E-state index < -0.39 is 0 Å². The zero-order valence-corrected chi connectivity index (χ0v) is 13.7. The summed E-state index contributed by atoms with van der Waals surface area (Å²) in [5, 5.41) is 10.0. The van der Waals surface area contributed by atoms with Gasteiger partial charge in [-0.15, -0.1) is 0 Å². The first-order valence-electron chi connectivity index (χ1n) is 8.60. The molecule has 3 rings (SSSR count). The number of H-pyrrole nitrogens is 1. The number of hydrogen-bond acceptors (Lipinski definition) is 2. The smallest absolute Gasteiger partial charge is 0.227 e. The molecule has 1 unspecified atom stereocenters. The number of carbonyl (C=O) groups is 1. The van der Waals surface area contributed by atoms with Gasteiger partial charge in [0.25, 0.3) is 0 Å². The molecule has 1 atom stereocenters. The third-order valence-corrected chi connectivity index (χ3v) is 4.82. The number of nitriles is 1. The lowest BCUT2D eigenvalue weighted by Gasteiger charge is -2.22. The zero-order valence-electron chi connectivity index (χ0n) is 13.7.